The highest BCUT2D eigenvalue weighted by atomic mass is 19.1. The number of para-hydroxylation sites is 1. The van der Waals surface area contributed by atoms with Gasteiger partial charge in [0.25, 0.3) is 11.5 Å². The van der Waals surface area contributed by atoms with E-state index in [0.717, 1.165) is 16.9 Å². The number of rotatable bonds is 8. The van der Waals surface area contributed by atoms with Crippen LogP contribution in [0.2, 0.25) is 0 Å². The van der Waals surface area contributed by atoms with E-state index in [-0.39, 0.29) is 17.3 Å². The zero-order valence-electron chi connectivity index (χ0n) is 20.2. The van der Waals surface area contributed by atoms with E-state index in [0.29, 0.717) is 42.0 Å². The number of hydrogen-bond acceptors (Lipinski definition) is 4. The zero-order valence-corrected chi connectivity index (χ0v) is 20.2. The minimum absolute atomic E-state index is 0.293. The summed E-state index contributed by atoms with van der Waals surface area (Å²) in [5.41, 5.74) is 3.13. The van der Waals surface area contributed by atoms with Gasteiger partial charge in [0.1, 0.15) is 17.3 Å². The van der Waals surface area contributed by atoms with Crippen LogP contribution in [0.1, 0.15) is 21.5 Å². The van der Waals surface area contributed by atoms with Crippen LogP contribution in [0.4, 0.5) is 4.39 Å². The molecule has 2 aliphatic heterocycles. The minimum Gasteiger partial charge on any atom is -0.497 e. The van der Waals surface area contributed by atoms with Crippen molar-refractivity contribution in [1.82, 2.24) is 19.7 Å². The third kappa shape index (κ3) is 5.28. The molecule has 2 aliphatic rings. The third-order valence-corrected chi connectivity index (χ3v) is 6.10. The highest BCUT2D eigenvalue weighted by Gasteiger charge is 2.24. The van der Waals surface area contributed by atoms with Gasteiger partial charge in [-0.3, -0.25) is 9.59 Å². The molecule has 0 spiro atoms. The molecule has 0 atom stereocenters. The SMILES string of the molecule is COc1ccc(CCNC(=O)c2cn(Cc3ccc(F)cc3)cc3c(=O)n(-c4ccccc4)nc2-3)cc1. The zero-order chi connectivity index (χ0) is 25.8. The lowest BCUT2D eigenvalue weighted by molar-refractivity contribution is 0.0953. The summed E-state index contributed by atoms with van der Waals surface area (Å²) in [4.78, 5) is 26.6. The number of aromatic nitrogens is 3. The van der Waals surface area contributed by atoms with Crippen molar-refractivity contribution in [3.8, 4) is 22.7 Å². The van der Waals surface area contributed by atoms with Crippen LogP contribution in [0.5, 0.6) is 5.75 Å². The predicted octanol–water partition coefficient (Wildman–Crippen LogP) is 4.31. The number of methoxy groups -OCH3 is 1. The maximum atomic E-state index is 13.4. The second kappa shape index (κ2) is 10.5. The molecule has 0 aromatic heterocycles. The number of halogens is 1. The van der Waals surface area contributed by atoms with Gasteiger partial charge >= 0.3 is 0 Å². The number of nitrogens with zero attached hydrogens (tertiary/aromatic N) is 3. The Morgan fingerprint density at radius 2 is 1.65 bits per heavy atom. The van der Waals surface area contributed by atoms with Crippen molar-refractivity contribution in [2.45, 2.75) is 13.0 Å². The van der Waals surface area contributed by atoms with Gasteiger partial charge in [-0.15, -0.1) is 0 Å². The molecule has 0 radical (unpaired) electrons. The fraction of sp³-hybridized carbons (Fsp3) is 0.138. The van der Waals surface area contributed by atoms with E-state index in [2.05, 4.69) is 10.4 Å². The number of amides is 1. The van der Waals surface area contributed by atoms with Crippen LogP contribution in [-0.4, -0.2) is 33.9 Å². The Morgan fingerprint density at radius 1 is 0.946 bits per heavy atom. The van der Waals surface area contributed by atoms with Gasteiger partial charge in [0.05, 0.1) is 23.9 Å². The minimum atomic E-state index is -0.329. The van der Waals surface area contributed by atoms with Crippen molar-refractivity contribution in [1.29, 1.82) is 0 Å². The number of pyridine rings is 1. The molecule has 0 saturated carbocycles. The Balaban J connectivity index is 1.46. The molecular weight excluding hydrogens is 471 g/mol. The lowest BCUT2D eigenvalue weighted by atomic mass is 10.1. The second-order valence-corrected chi connectivity index (χ2v) is 8.64. The molecule has 0 aliphatic carbocycles. The van der Waals surface area contributed by atoms with Crippen LogP contribution in [0.3, 0.4) is 0 Å². The number of fused-ring (bicyclic) bond motifs is 1. The summed E-state index contributed by atoms with van der Waals surface area (Å²) in [5.74, 6) is 0.115. The molecular formula is C29H25FN4O3. The van der Waals surface area contributed by atoms with E-state index in [1.54, 1.807) is 48.3 Å². The van der Waals surface area contributed by atoms with E-state index in [4.69, 9.17) is 4.74 Å². The normalized spacial score (nSPS) is 11.0. The first-order chi connectivity index (χ1) is 18.0. The molecule has 5 rings (SSSR count). The number of carbonyl (C=O) groups excluding carboxylic acids is 1. The summed E-state index contributed by atoms with van der Waals surface area (Å²) in [6.45, 7) is 0.765. The van der Waals surface area contributed by atoms with Crippen molar-refractivity contribution < 1.29 is 13.9 Å². The summed E-state index contributed by atoms with van der Waals surface area (Å²) in [6.07, 6.45) is 3.99. The van der Waals surface area contributed by atoms with E-state index in [1.165, 1.54) is 16.8 Å². The van der Waals surface area contributed by atoms with Gasteiger partial charge in [0.15, 0.2) is 0 Å². The molecule has 1 amide bonds. The summed E-state index contributed by atoms with van der Waals surface area (Å²) in [7, 11) is 1.62. The van der Waals surface area contributed by atoms with Gasteiger partial charge in [-0.25, -0.2) is 4.39 Å². The van der Waals surface area contributed by atoms with Gasteiger partial charge in [-0.2, -0.15) is 9.78 Å². The van der Waals surface area contributed by atoms with Gasteiger partial charge in [-0.1, -0.05) is 42.5 Å². The Morgan fingerprint density at radius 3 is 2.35 bits per heavy atom. The van der Waals surface area contributed by atoms with Crippen molar-refractivity contribution >= 4 is 5.91 Å². The molecule has 0 unspecified atom stereocenters. The number of ether oxygens (including phenoxy) is 1. The van der Waals surface area contributed by atoms with Crippen molar-refractivity contribution in [3.63, 3.8) is 0 Å². The topological polar surface area (TPSA) is 78.1 Å². The summed E-state index contributed by atoms with van der Waals surface area (Å²) in [5, 5.41) is 7.47. The molecule has 3 aromatic rings. The molecule has 2 heterocycles. The molecule has 1 N–H and O–H groups in total. The first kappa shape index (κ1) is 24.0. The Bertz CT molecular complexity index is 1540. The number of hydrogen-bond donors (Lipinski definition) is 1. The summed E-state index contributed by atoms with van der Waals surface area (Å²) in [6, 6.07) is 22.8. The van der Waals surface area contributed by atoms with Crippen LogP contribution in [0.15, 0.2) is 96.1 Å². The van der Waals surface area contributed by atoms with Crippen LogP contribution >= 0.6 is 0 Å². The predicted molar refractivity (Wildman–Crippen MR) is 139 cm³/mol. The van der Waals surface area contributed by atoms with Crippen LogP contribution < -0.4 is 15.6 Å². The highest BCUT2D eigenvalue weighted by Crippen LogP contribution is 2.23. The average molecular weight is 497 g/mol. The maximum absolute atomic E-state index is 13.4. The number of carbonyl (C=O) groups is 1. The molecule has 0 bridgehead atoms. The second-order valence-electron chi connectivity index (χ2n) is 8.64. The van der Waals surface area contributed by atoms with Gasteiger partial charge in [0, 0.05) is 25.5 Å². The maximum Gasteiger partial charge on any atom is 0.282 e. The van der Waals surface area contributed by atoms with Crippen LogP contribution in [0.25, 0.3) is 16.9 Å². The van der Waals surface area contributed by atoms with Crippen molar-refractivity contribution in [2.24, 2.45) is 0 Å². The lowest BCUT2D eigenvalue weighted by Gasteiger charge is -2.13. The fourth-order valence-corrected chi connectivity index (χ4v) is 4.17. The van der Waals surface area contributed by atoms with E-state index in [9.17, 15) is 14.0 Å². The first-order valence-corrected chi connectivity index (χ1v) is 11.9. The van der Waals surface area contributed by atoms with Crippen molar-refractivity contribution in [3.05, 3.63) is 124 Å². The van der Waals surface area contributed by atoms with Crippen LogP contribution in [-0.2, 0) is 13.0 Å². The molecule has 186 valence electrons. The Hall–Kier alpha value is -4.72. The summed E-state index contributed by atoms with van der Waals surface area (Å²) < 4.78 is 21.6. The molecule has 8 heteroatoms. The third-order valence-electron chi connectivity index (χ3n) is 6.10. The highest BCUT2D eigenvalue weighted by molar-refractivity contribution is 5.99. The molecule has 0 fully saturated rings. The van der Waals surface area contributed by atoms with E-state index in [1.807, 2.05) is 42.5 Å². The standard InChI is InChI=1S/C29H25FN4O3/c1-37-24-13-9-20(10-14-24)15-16-31-28(35)25-18-33(17-21-7-11-22(30)12-8-21)19-26-27(25)32-34(29(26)36)23-5-3-2-4-6-23/h2-14,18-19H,15-17H2,1H3,(H,31,35). The van der Waals surface area contributed by atoms with Gasteiger partial charge in [0.2, 0.25) is 0 Å². The Labute approximate surface area is 213 Å². The van der Waals surface area contributed by atoms with Crippen molar-refractivity contribution in [2.75, 3.05) is 13.7 Å². The smallest absolute Gasteiger partial charge is 0.282 e. The van der Waals surface area contributed by atoms with Gasteiger partial charge in [-0.05, 0) is 53.9 Å². The molecule has 7 nitrogen and oxygen atoms in total. The Kier molecular flexibility index (Phi) is 6.81. The summed E-state index contributed by atoms with van der Waals surface area (Å²) >= 11 is 0. The largest absolute Gasteiger partial charge is 0.497 e. The molecule has 0 saturated heterocycles. The average Bonchev–Trinajstić information content (AvgIpc) is 3.26. The van der Waals surface area contributed by atoms with E-state index >= 15 is 0 Å². The first-order valence-electron chi connectivity index (χ1n) is 11.9. The molecule has 37 heavy (non-hydrogen) atoms. The number of benzene rings is 3. The fourth-order valence-electron chi connectivity index (χ4n) is 4.17. The quantitative estimate of drug-likeness (QED) is 0.347. The van der Waals surface area contributed by atoms with E-state index < -0.39 is 0 Å². The monoisotopic (exact) mass is 496 g/mol. The van der Waals surface area contributed by atoms with Crippen LogP contribution in [0, 0.1) is 5.82 Å². The van der Waals surface area contributed by atoms with Gasteiger partial charge < -0.3 is 14.6 Å². The lowest BCUT2D eigenvalue weighted by Crippen LogP contribution is -2.27. The molecule has 3 aromatic carbocycles. The number of nitrogens with one attached hydrogen (secondary N) is 1.